The average molecular weight is 343 g/mol. The number of pyridine rings is 1. The summed E-state index contributed by atoms with van der Waals surface area (Å²) in [7, 11) is 0. The van der Waals surface area contributed by atoms with Crippen molar-refractivity contribution in [3.8, 4) is 11.4 Å². The Kier molecular flexibility index (Phi) is 4.32. The number of aromatic nitrogens is 4. The van der Waals surface area contributed by atoms with E-state index in [4.69, 9.17) is 11.6 Å². The molecule has 0 aromatic carbocycles. The lowest BCUT2D eigenvalue weighted by molar-refractivity contribution is 0.243. The number of H-pyrrole nitrogens is 1. The Morgan fingerprint density at radius 1 is 1.21 bits per heavy atom. The Hall–Kier alpha value is -2.18. The van der Waals surface area contributed by atoms with Crippen molar-refractivity contribution in [2.24, 2.45) is 0 Å². The number of hydrogen-bond donors (Lipinski definition) is 2. The van der Waals surface area contributed by atoms with Crippen LogP contribution in [0.5, 0.6) is 0 Å². The highest BCUT2D eigenvalue weighted by Crippen LogP contribution is 2.27. The fourth-order valence-electron chi connectivity index (χ4n) is 3.06. The van der Waals surface area contributed by atoms with Crippen LogP contribution in [0.4, 0.5) is 5.82 Å². The zero-order valence-corrected chi connectivity index (χ0v) is 14.1. The molecule has 0 saturated carbocycles. The number of likely N-dealkylation sites (tertiary alicyclic amines) is 1. The first-order valence-corrected chi connectivity index (χ1v) is 8.60. The van der Waals surface area contributed by atoms with Gasteiger partial charge >= 0.3 is 0 Å². The predicted molar refractivity (Wildman–Crippen MR) is 96.0 cm³/mol. The van der Waals surface area contributed by atoms with Crippen molar-refractivity contribution < 1.29 is 0 Å². The van der Waals surface area contributed by atoms with Crippen LogP contribution in [0.25, 0.3) is 22.4 Å². The van der Waals surface area contributed by atoms with E-state index in [0.29, 0.717) is 10.8 Å². The fraction of sp³-hybridized carbons (Fsp3) is 0.353. The molecule has 2 N–H and O–H groups in total. The molecule has 24 heavy (non-hydrogen) atoms. The molecule has 0 aliphatic carbocycles. The first-order chi connectivity index (χ1) is 11.8. The van der Waals surface area contributed by atoms with Gasteiger partial charge in [-0.15, -0.1) is 0 Å². The maximum absolute atomic E-state index is 6.07. The second kappa shape index (κ2) is 6.75. The topological polar surface area (TPSA) is 69.7 Å². The quantitative estimate of drug-likeness (QED) is 0.759. The smallest absolute Gasteiger partial charge is 0.163 e. The molecule has 1 saturated heterocycles. The van der Waals surface area contributed by atoms with Gasteiger partial charge in [-0.25, -0.2) is 15.0 Å². The highest BCUT2D eigenvalue weighted by Gasteiger charge is 2.12. The van der Waals surface area contributed by atoms with Gasteiger partial charge in [0, 0.05) is 29.5 Å². The molecule has 7 heteroatoms. The molecule has 0 bridgehead atoms. The number of fused-ring (bicyclic) bond motifs is 1. The Balaban J connectivity index is 1.56. The second-order valence-corrected chi connectivity index (χ2v) is 6.47. The van der Waals surface area contributed by atoms with Crippen LogP contribution in [0.15, 0.2) is 30.7 Å². The SMILES string of the molecule is Clc1cnc2[nH]cc(-c3nccc(NCN4CCCCC4)n3)c2c1. The van der Waals surface area contributed by atoms with Gasteiger partial charge in [-0.1, -0.05) is 18.0 Å². The number of hydrogen-bond acceptors (Lipinski definition) is 5. The van der Waals surface area contributed by atoms with Gasteiger partial charge in [0.25, 0.3) is 0 Å². The summed E-state index contributed by atoms with van der Waals surface area (Å²) in [6.07, 6.45) is 9.17. The molecule has 1 fully saturated rings. The summed E-state index contributed by atoms with van der Waals surface area (Å²) in [6.45, 7) is 3.12. The molecular formula is C17H19ClN6. The first kappa shape index (κ1) is 15.4. The monoisotopic (exact) mass is 342 g/mol. The van der Waals surface area contributed by atoms with E-state index in [0.717, 1.165) is 42.2 Å². The molecule has 1 aliphatic rings. The van der Waals surface area contributed by atoms with Gasteiger partial charge in [0.15, 0.2) is 5.82 Å². The van der Waals surface area contributed by atoms with Crippen LogP contribution in [0.1, 0.15) is 19.3 Å². The minimum Gasteiger partial charge on any atom is -0.357 e. The largest absolute Gasteiger partial charge is 0.357 e. The normalized spacial score (nSPS) is 15.7. The number of halogens is 1. The van der Waals surface area contributed by atoms with Gasteiger partial charge in [-0.05, 0) is 38.1 Å². The van der Waals surface area contributed by atoms with Crippen LogP contribution in [0.2, 0.25) is 5.02 Å². The summed E-state index contributed by atoms with van der Waals surface area (Å²) in [4.78, 5) is 18.9. The Bertz CT molecular complexity index is 840. The molecular weight excluding hydrogens is 324 g/mol. The van der Waals surface area contributed by atoms with Crippen LogP contribution in [0, 0.1) is 0 Å². The lowest BCUT2D eigenvalue weighted by atomic mass is 10.1. The molecule has 4 heterocycles. The third-order valence-corrected chi connectivity index (χ3v) is 4.53. The molecule has 6 nitrogen and oxygen atoms in total. The maximum atomic E-state index is 6.07. The Morgan fingerprint density at radius 3 is 2.96 bits per heavy atom. The van der Waals surface area contributed by atoms with Crippen LogP contribution in [-0.4, -0.2) is 44.6 Å². The molecule has 0 atom stereocenters. The van der Waals surface area contributed by atoms with Crippen molar-refractivity contribution in [1.29, 1.82) is 0 Å². The Labute approximate surface area is 145 Å². The van der Waals surface area contributed by atoms with Crippen LogP contribution >= 0.6 is 11.6 Å². The number of anilines is 1. The number of nitrogens with one attached hydrogen (secondary N) is 2. The third-order valence-electron chi connectivity index (χ3n) is 4.33. The van der Waals surface area contributed by atoms with Gasteiger partial charge in [-0.2, -0.15) is 0 Å². The lowest BCUT2D eigenvalue weighted by Crippen LogP contribution is -2.34. The molecule has 0 unspecified atom stereocenters. The summed E-state index contributed by atoms with van der Waals surface area (Å²) >= 11 is 6.07. The fourth-order valence-corrected chi connectivity index (χ4v) is 3.22. The highest BCUT2D eigenvalue weighted by atomic mass is 35.5. The van der Waals surface area contributed by atoms with Crippen molar-refractivity contribution in [3.05, 3.63) is 35.7 Å². The van der Waals surface area contributed by atoms with Gasteiger partial charge in [0.05, 0.1) is 11.7 Å². The molecule has 4 rings (SSSR count). The summed E-state index contributed by atoms with van der Waals surface area (Å²) in [6, 6.07) is 3.78. The molecule has 124 valence electrons. The van der Waals surface area contributed by atoms with Crippen molar-refractivity contribution in [2.45, 2.75) is 19.3 Å². The third kappa shape index (κ3) is 3.20. The van der Waals surface area contributed by atoms with Crippen LogP contribution in [-0.2, 0) is 0 Å². The van der Waals surface area contributed by atoms with Gasteiger partial charge in [-0.3, -0.25) is 4.90 Å². The molecule has 1 aliphatic heterocycles. The van der Waals surface area contributed by atoms with E-state index in [1.165, 1.54) is 19.3 Å². The zero-order valence-electron chi connectivity index (χ0n) is 13.3. The van der Waals surface area contributed by atoms with E-state index >= 15 is 0 Å². The molecule has 0 radical (unpaired) electrons. The van der Waals surface area contributed by atoms with E-state index in [9.17, 15) is 0 Å². The predicted octanol–water partition coefficient (Wildman–Crippen LogP) is 3.53. The van der Waals surface area contributed by atoms with Gasteiger partial charge in [0.2, 0.25) is 0 Å². The van der Waals surface area contributed by atoms with E-state index in [1.807, 2.05) is 18.3 Å². The second-order valence-electron chi connectivity index (χ2n) is 6.03. The van der Waals surface area contributed by atoms with Crippen molar-refractivity contribution in [1.82, 2.24) is 24.8 Å². The lowest BCUT2D eigenvalue weighted by Gasteiger charge is -2.26. The standard InChI is InChI=1S/C17H19ClN6/c18-12-8-13-14(10-21-16(13)20-9-12)17-19-5-4-15(23-17)22-11-24-6-2-1-3-7-24/h4-5,8-10H,1-3,6-7,11H2,(H,20,21)(H,19,22,23). The minimum absolute atomic E-state index is 0.600. The van der Waals surface area contributed by atoms with E-state index in [2.05, 4.69) is 30.2 Å². The molecule has 3 aromatic heterocycles. The van der Waals surface area contributed by atoms with Crippen LogP contribution in [0.3, 0.4) is 0 Å². The van der Waals surface area contributed by atoms with Crippen LogP contribution < -0.4 is 5.32 Å². The first-order valence-electron chi connectivity index (χ1n) is 8.22. The van der Waals surface area contributed by atoms with E-state index in [1.54, 1.807) is 12.4 Å². The molecule has 0 spiro atoms. The zero-order chi connectivity index (χ0) is 16.4. The number of nitrogens with zero attached hydrogens (tertiary/aromatic N) is 4. The van der Waals surface area contributed by atoms with Crippen molar-refractivity contribution in [3.63, 3.8) is 0 Å². The van der Waals surface area contributed by atoms with Crippen molar-refractivity contribution >= 4 is 28.5 Å². The summed E-state index contributed by atoms with van der Waals surface area (Å²) in [5.41, 5.74) is 1.69. The summed E-state index contributed by atoms with van der Waals surface area (Å²) < 4.78 is 0. The number of aromatic amines is 1. The van der Waals surface area contributed by atoms with E-state index in [-0.39, 0.29) is 0 Å². The van der Waals surface area contributed by atoms with Gasteiger partial charge < -0.3 is 10.3 Å². The Morgan fingerprint density at radius 2 is 2.08 bits per heavy atom. The maximum Gasteiger partial charge on any atom is 0.163 e. The summed E-state index contributed by atoms with van der Waals surface area (Å²) in [5, 5.41) is 4.93. The van der Waals surface area contributed by atoms with E-state index < -0.39 is 0 Å². The highest BCUT2D eigenvalue weighted by molar-refractivity contribution is 6.31. The minimum atomic E-state index is 0.600. The molecule has 0 amide bonds. The van der Waals surface area contributed by atoms with Gasteiger partial charge in [0.1, 0.15) is 11.5 Å². The number of rotatable bonds is 4. The summed E-state index contributed by atoms with van der Waals surface area (Å²) in [5.74, 6) is 1.49. The average Bonchev–Trinajstić information content (AvgIpc) is 3.04. The van der Waals surface area contributed by atoms with Crippen molar-refractivity contribution in [2.75, 3.05) is 25.1 Å². The molecule has 3 aromatic rings. The number of piperidine rings is 1.